The van der Waals surface area contributed by atoms with Crippen molar-refractivity contribution in [2.75, 3.05) is 14.2 Å². The van der Waals surface area contributed by atoms with E-state index in [4.69, 9.17) is 21.1 Å². The smallest absolute Gasteiger partial charge is 0.161 e. The summed E-state index contributed by atoms with van der Waals surface area (Å²) in [7, 11) is 3.22. The molecule has 0 bridgehead atoms. The molecule has 0 radical (unpaired) electrons. The van der Waals surface area contributed by atoms with Crippen LogP contribution in [0.1, 0.15) is 35.8 Å². The summed E-state index contributed by atoms with van der Waals surface area (Å²) < 4.78 is 10.8. The van der Waals surface area contributed by atoms with Crippen LogP contribution in [-0.2, 0) is 4.79 Å². The van der Waals surface area contributed by atoms with Gasteiger partial charge < -0.3 is 19.9 Å². The lowest BCUT2D eigenvalue weighted by Crippen LogP contribution is -2.51. The fraction of sp³-hybridized carbons (Fsp3) is 0.375. The molecule has 1 fully saturated rings. The van der Waals surface area contributed by atoms with Crippen molar-refractivity contribution in [2.45, 2.75) is 37.1 Å². The highest BCUT2D eigenvalue weighted by Crippen LogP contribution is 2.47. The molecule has 5 rings (SSSR count). The molecule has 4 N–H and O–H groups in total. The zero-order valence-corrected chi connectivity index (χ0v) is 18.6. The van der Waals surface area contributed by atoms with Crippen LogP contribution >= 0.6 is 11.6 Å². The van der Waals surface area contributed by atoms with E-state index >= 15 is 0 Å². The first-order valence-electron chi connectivity index (χ1n) is 10.7. The Labute approximate surface area is 191 Å². The van der Waals surface area contributed by atoms with Crippen LogP contribution in [0.25, 0.3) is 0 Å². The standard InChI is InChI=1S/C24H26ClN3O4/c1-31-18-8-5-13(11-19(18)32-2)14-9-16-21(17(29)10-14)20(12-3-6-15(25)7-4-12)22-23(26-16)27-28-24(22)30/h3-8,11,14,20,22-24,26-28,30H,9-10H2,1-2H3/t14-,20-,22?,23?,24?/m1/s1. The number of allylic oxidation sites excluding steroid dienone is 2. The normalized spacial score (nSPS) is 29.2. The Kier molecular flexibility index (Phi) is 5.59. The summed E-state index contributed by atoms with van der Waals surface area (Å²) in [5.41, 5.74) is 9.74. The highest BCUT2D eigenvalue weighted by atomic mass is 35.5. The molecule has 2 aliphatic heterocycles. The molecule has 5 atom stereocenters. The number of benzene rings is 2. The Bertz CT molecular complexity index is 1070. The van der Waals surface area contributed by atoms with Gasteiger partial charge in [-0.15, -0.1) is 0 Å². The first-order valence-corrected chi connectivity index (χ1v) is 11.1. The van der Waals surface area contributed by atoms with E-state index in [0.717, 1.165) is 22.4 Å². The van der Waals surface area contributed by atoms with Gasteiger partial charge >= 0.3 is 0 Å². The van der Waals surface area contributed by atoms with Crippen LogP contribution in [0.15, 0.2) is 53.7 Å². The Morgan fingerprint density at radius 1 is 0.969 bits per heavy atom. The second kappa shape index (κ2) is 8.41. The molecule has 8 heteroatoms. The summed E-state index contributed by atoms with van der Waals surface area (Å²) >= 11 is 6.11. The molecule has 0 spiro atoms. The molecule has 1 aliphatic carbocycles. The third-order valence-electron chi connectivity index (χ3n) is 6.78. The minimum atomic E-state index is -0.779. The van der Waals surface area contributed by atoms with Gasteiger partial charge in [-0.25, -0.2) is 10.9 Å². The van der Waals surface area contributed by atoms with Gasteiger partial charge in [-0.3, -0.25) is 4.79 Å². The van der Waals surface area contributed by atoms with Crippen LogP contribution in [0, 0.1) is 5.92 Å². The Balaban J connectivity index is 1.54. The number of aliphatic hydroxyl groups is 1. The summed E-state index contributed by atoms with van der Waals surface area (Å²) in [5.74, 6) is 0.973. The van der Waals surface area contributed by atoms with Crippen LogP contribution in [0.4, 0.5) is 0 Å². The zero-order valence-electron chi connectivity index (χ0n) is 17.9. The highest BCUT2D eigenvalue weighted by Gasteiger charge is 2.49. The Hall–Kier alpha value is -2.58. The molecule has 3 aliphatic rings. The van der Waals surface area contributed by atoms with Crippen LogP contribution in [0.5, 0.6) is 11.5 Å². The number of ether oxygens (including phenoxy) is 2. The number of fused-ring (bicyclic) bond motifs is 1. The van der Waals surface area contributed by atoms with Crippen molar-refractivity contribution in [3.63, 3.8) is 0 Å². The number of hydrogen-bond acceptors (Lipinski definition) is 7. The van der Waals surface area contributed by atoms with Crippen molar-refractivity contribution in [1.29, 1.82) is 0 Å². The van der Waals surface area contributed by atoms with E-state index in [1.54, 1.807) is 14.2 Å². The second-order valence-corrected chi connectivity index (χ2v) is 8.93. The predicted molar refractivity (Wildman–Crippen MR) is 120 cm³/mol. The molecule has 0 saturated carbocycles. The average molecular weight is 456 g/mol. The van der Waals surface area contributed by atoms with Gasteiger partial charge in [-0.2, -0.15) is 0 Å². The number of ketones is 1. The van der Waals surface area contributed by atoms with Crippen molar-refractivity contribution < 1.29 is 19.4 Å². The summed E-state index contributed by atoms with van der Waals surface area (Å²) in [6.07, 6.45) is 0.121. The Morgan fingerprint density at radius 3 is 2.41 bits per heavy atom. The highest BCUT2D eigenvalue weighted by molar-refractivity contribution is 6.30. The number of hydrazine groups is 1. The predicted octanol–water partition coefficient (Wildman–Crippen LogP) is 2.81. The van der Waals surface area contributed by atoms with Crippen molar-refractivity contribution in [2.24, 2.45) is 5.92 Å². The number of carbonyl (C=O) groups is 1. The molecule has 2 aromatic rings. The molecule has 32 heavy (non-hydrogen) atoms. The third kappa shape index (κ3) is 3.55. The maximum absolute atomic E-state index is 13.5. The van der Waals surface area contributed by atoms with E-state index in [1.807, 2.05) is 42.5 Å². The molecular formula is C24H26ClN3O4. The fourth-order valence-electron chi connectivity index (χ4n) is 5.27. The van der Waals surface area contributed by atoms with Crippen LogP contribution < -0.4 is 25.6 Å². The molecule has 2 aromatic carbocycles. The number of methoxy groups -OCH3 is 2. The minimum absolute atomic E-state index is 0.0234. The van der Waals surface area contributed by atoms with E-state index in [2.05, 4.69) is 16.2 Å². The summed E-state index contributed by atoms with van der Waals surface area (Å²) in [6.45, 7) is 0. The molecule has 2 heterocycles. The molecule has 1 saturated heterocycles. The van der Waals surface area contributed by atoms with Crippen molar-refractivity contribution in [1.82, 2.24) is 16.2 Å². The van der Waals surface area contributed by atoms with E-state index in [1.165, 1.54) is 0 Å². The van der Waals surface area contributed by atoms with Gasteiger partial charge in [0.05, 0.1) is 20.4 Å². The number of Topliss-reactive ketones (excluding diaryl/α,β-unsaturated/α-hetero) is 1. The van der Waals surface area contributed by atoms with E-state index in [9.17, 15) is 9.90 Å². The Morgan fingerprint density at radius 2 is 1.69 bits per heavy atom. The maximum atomic E-state index is 13.5. The van der Waals surface area contributed by atoms with Crippen LogP contribution in [0.3, 0.4) is 0 Å². The van der Waals surface area contributed by atoms with Gasteiger partial charge in [0, 0.05) is 34.5 Å². The van der Waals surface area contributed by atoms with E-state index in [0.29, 0.717) is 29.4 Å². The molecule has 0 aromatic heterocycles. The molecule has 168 valence electrons. The van der Waals surface area contributed by atoms with Gasteiger partial charge in [0.2, 0.25) is 0 Å². The summed E-state index contributed by atoms with van der Waals surface area (Å²) in [5, 5.41) is 14.7. The van der Waals surface area contributed by atoms with Gasteiger partial charge in [0.1, 0.15) is 6.23 Å². The SMILES string of the molecule is COc1ccc([C@H]2CC(=O)C3=C(C2)NC2NNC(O)C2[C@@H]3c2ccc(Cl)cc2)cc1OC. The van der Waals surface area contributed by atoms with Gasteiger partial charge in [0.15, 0.2) is 17.3 Å². The number of hydrogen-bond donors (Lipinski definition) is 4. The van der Waals surface area contributed by atoms with E-state index < -0.39 is 6.23 Å². The van der Waals surface area contributed by atoms with Crippen LogP contribution in [-0.4, -0.2) is 37.5 Å². The topological polar surface area (TPSA) is 91.9 Å². The fourth-order valence-corrected chi connectivity index (χ4v) is 5.39. The van der Waals surface area contributed by atoms with E-state index in [-0.39, 0.29) is 29.7 Å². The third-order valence-corrected chi connectivity index (χ3v) is 7.03. The lowest BCUT2D eigenvalue weighted by molar-refractivity contribution is -0.117. The molecule has 0 amide bonds. The average Bonchev–Trinajstić information content (AvgIpc) is 3.18. The zero-order chi connectivity index (χ0) is 22.4. The monoisotopic (exact) mass is 455 g/mol. The number of rotatable bonds is 4. The van der Waals surface area contributed by atoms with Gasteiger partial charge in [-0.1, -0.05) is 29.8 Å². The number of aliphatic hydroxyl groups excluding tert-OH is 1. The minimum Gasteiger partial charge on any atom is -0.493 e. The summed E-state index contributed by atoms with van der Waals surface area (Å²) in [6, 6.07) is 13.4. The lowest BCUT2D eigenvalue weighted by atomic mass is 9.69. The van der Waals surface area contributed by atoms with Gasteiger partial charge in [-0.05, 0) is 47.7 Å². The van der Waals surface area contributed by atoms with Crippen molar-refractivity contribution in [3.05, 3.63) is 69.9 Å². The largest absolute Gasteiger partial charge is 0.493 e. The van der Waals surface area contributed by atoms with Crippen LogP contribution in [0.2, 0.25) is 5.02 Å². The number of nitrogens with one attached hydrogen (secondary N) is 3. The van der Waals surface area contributed by atoms with Gasteiger partial charge in [0.25, 0.3) is 0 Å². The summed E-state index contributed by atoms with van der Waals surface area (Å²) in [4.78, 5) is 13.5. The molecule has 3 unspecified atom stereocenters. The lowest BCUT2D eigenvalue weighted by Gasteiger charge is -2.42. The first-order chi connectivity index (χ1) is 15.5. The molecule has 7 nitrogen and oxygen atoms in total. The maximum Gasteiger partial charge on any atom is 0.161 e. The molecular weight excluding hydrogens is 430 g/mol. The number of carbonyl (C=O) groups excluding carboxylic acids is 1. The van der Waals surface area contributed by atoms with Crippen molar-refractivity contribution >= 4 is 17.4 Å². The van der Waals surface area contributed by atoms with Crippen molar-refractivity contribution in [3.8, 4) is 11.5 Å². The first kappa shape index (κ1) is 21.3. The second-order valence-electron chi connectivity index (χ2n) is 8.50. The quantitative estimate of drug-likeness (QED) is 0.563. The number of halogens is 1.